The van der Waals surface area contributed by atoms with Gasteiger partial charge in [-0.1, -0.05) is 13.8 Å². The molecule has 0 bridgehead atoms. The number of aryl methyl sites for hydroxylation is 3. The molecule has 2 aromatic rings. The summed E-state index contributed by atoms with van der Waals surface area (Å²) < 4.78 is 4.06. The van der Waals surface area contributed by atoms with E-state index in [4.69, 9.17) is 0 Å². The Morgan fingerprint density at radius 3 is 2.55 bits per heavy atom. The van der Waals surface area contributed by atoms with E-state index in [1.165, 1.54) is 11.3 Å². The first-order chi connectivity index (χ1) is 9.73. The Morgan fingerprint density at radius 2 is 2.00 bits per heavy atom. The fourth-order valence-electron chi connectivity index (χ4n) is 2.44. The molecule has 0 radical (unpaired) electrons. The summed E-state index contributed by atoms with van der Waals surface area (Å²) in [5, 5.41) is 12.6. The van der Waals surface area contributed by atoms with E-state index in [2.05, 4.69) is 60.2 Å². The Hall–Kier alpha value is -1.62. The van der Waals surface area contributed by atoms with Crippen LogP contribution < -0.4 is 5.32 Å². The molecular formula is C15H25N5. The lowest BCUT2D eigenvalue weighted by Crippen LogP contribution is -2.24. The second-order valence-corrected chi connectivity index (χ2v) is 4.85. The summed E-state index contributed by atoms with van der Waals surface area (Å²) in [5.41, 5.74) is 3.57. The van der Waals surface area contributed by atoms with Crippen LogP contribution in [-0.4, -0.2) is 26.1 Å². The Bertz CT molecular complexity index is 540. The molecule has 0 fully saturated rings. The number of aromatic nitrogens is 4. The van der Waals surface area contributed by atoms with E-state index in [0.717, 1.165) is 31.7 Å². The first-order valence-corrected chi connectivity index (χ1v) is 7.55. The predicted molar refractivity (Wildman–Crippen MR) is 80.7 cm³/mol. The highest BCUT2D eigenvalue weighted by molar-refractivity contribution is 5.26. The minimum Gasteiger partial charge on any atom is -0.305 e. The lowest BCUT2D eigenvalue weighted by atomic mass is 10.1. The lowest BCUT2D eigenvalue weighted by Gasteiger charge is -2.17. The van der Waals surface area contributed by atoms with E-state index in [1.54, 1.807) is 0 Å². The van der Waals surface area contributed by atoms with Gasteiger partial charge in [0, 0.05) is 24.8 Å². The second kappa shape index (κ2) is 6.70. The maximum absolute atomic E-state index is 4.65. The van der Waals surface area contributed by atoms with Gasteiger partial charge in [-0.05, 0) is 32.9 Å². The van der Waals surface area contributed by atoms with Crippen LogP contribution in [-0.2, 0) is 19.5 Å². The summed E-state index contributed by atoms with van der Waals surface area (Å²) in [6.07, 6.45) is 5.04. The zero-order valence-electron chi connectivity index (χ0n) is 12.9. The molecule has 2 aromatic heterocycles. The normalized spacial score (nSPS) is 12.8. The molecular weight excluding hydrogens is 250 g/mol. The van der Waals surface area contributed by atoms with Gasteiger partial charge >= 0.3 is 0 Å². The SMILES string of the molecule is CCNC(c1cnn(CC)c1)c1cc(CC)nn1CC. The average Bonchev–Trinajstić information content (AvgIpc) is 3.11. The van der Waals surface area contributed by atoms with E-state index in [-0.39, 0.29) is 6.04 Å². The molecule has 2 heterocycles. The van der Waals surface area contributed by atoms with Gasteiger partial charge in [0.1, 0.15) is 0 Å². The van der Waals surface area contributed by atoms with Crippen LogP contribution in [0.4, 0.5) is 0 Å². The van der Waals surface area contributed by atoms with Gasteiger partial charge in [-0.15, -0.1) is 0 Å². The van der Waals surface area contributed by atoms with Crippen molar-refractivity contribution in [3.05, 3.63) is 35.4 Å². The van der Waals surface area contributed by atoms with Gasteiger partial charge in [0.15, 0.2) is 0 Å². The first-order valence-electron chi connectivity index (χ1n) is 7.55. The van der Waals surface area contributed by atoms with Gasteiger partial charge in [-0.25, -0.2) is 0 Å². The number of nitrogens with zero attached hydrogens (tertiary/aromatic N) is 4. The second-order valence-electron chi connectivity index (χ2n) is 4.85. The molecule has 20 heavy (non-hydrogen) atoms. The standard InChI is InChI=1S/C15H25N5/c1-5-13-9-14(20(8-4)18-13)15(16-6-2)12-10-17-19(7-3)11-12/h9-11,15-16H,5-8H2,1-4H3. The molecule has 1 atom stereocenters. The van der Waals surface area contributed by atoms with E-state index in [9.17, 15) is 0 Å². The number of hydrogen-bond donors (Lipinski definition) is 1. The van der Waals surface area contributed by atoms with Gasteiger partial charge in [0.05, 0.1) is 23.6 Å². The highest BCUT2D eigenvalue weighted by atomic mass is 15.3. The topological polar surface area (TPSA) is 47.7 Å². The molecule has 1 unspecified atom stereocenters. The van der Waals surface area contributed by atoms with Gasteiger partial charge in [0.25, 0.3) is 0 Å². The molecule has 5 nitrogen and oxygen atoms in total. The summed E-state index contributed by atoms with van der Waals surface area (Å²) in [6.45, 7) is 11.2. The highest BCUT2D eigenvalue weighted by Gasteiger charge is 2.20. The van der Waals surface area contributed by atoms with Gasteiger partial charge in [-0.3, -0.25) is 9.36 Å². The van der Waals surface area contributed by atoms with Crippen molar-refractivity contribution in [2.45, 2.75) is 53.2 Å². The van der Waals surface area contributed by atoms with Gasteiger partial charge in [0.2, 0.25) is 0 Å². The Labute approximate surface area is 121 Å². The van der Waals surface area contributed by atoms with Crippen molar-refractivity contribution in [3.8, 4) is 0 Å². The fraction of sp³-hybridized carbons (Fsp3) is 0.600. The maximum Gasteiger partial charge on any atom is 0.0779 e. The monoisotopic (exact) mass is 275 g/mol. The van der Waals surface area contributed by atoms with Crippen molar-refractivity contribution in [1.82, 2.24) is 24.9 Å². The van der Waals surface area contributed by atoms with Crippen LogP contribution in [0.2, 0.25) is 0 Å². The van der Waals surface area contributed by atoms with E-state index in [0.29, 0.717) is 0 Å². The van der Waals surface area contributed by atoms with Crippen molar-refractivity contribution < 1.29 is 0 Å². The summed E-state index contributed by atoms with van der Waals surface area (Å²) in [7, 11) is 0. The lowest BCUT2D eigenvalue weighted by molar-refractivity contribution is 0.539. The third-order valence-electron chi connectivity index (χ3n) is 3.54. The van der Waals surface area contributed by atoms with Crippen LogP contribution in [0.15, 0.2) is 18.5 Å². The number of nitrogens with one attached hydrogen (secondary N) is 1. The molecule has 0 saturated carbocycles. The molecule has 0 aliphatic rings. The van der Waals surface area contributed by atoms with Crippen LogP contribution >= 0.6 is 0 Å². The van der Waals surface area contributed by atoms with Crippen LogP contribution in [0.25, 0.3) is 0 Å². The molecule has 0 aromatic carbocycles. The quantitative estimate of drug-likeness (QED) is 0.844. The average molecular weight is 275 g/mol. The molecule has 2 rings (SSSR count). The van der Waals surface area contributed by atoms with Crippen molar-refractivity contribution in [3.63, 3.8) is 0 Å². The smallest absolute Gasteiger partial charge is 0.0779 e. The highest BCUT2D eigenvalue weighted by Crippen LogP contribution is 2.23. The molecule has 110 valence electrons. The third kappa shape index (κ3) is 2.93. The largest absolute Gasteiger partial charge is 0.305 e. The Morgan fingerprint density at radius 1 is 1.20 bits per heavy atom. The molecule has 0 amide bonds. The van der Waals surface area contributed by atoms with Crippen LogP contribution in [0.5, 0.6) is 0 Å². The maximum atomic E-state index is 4.65. The molecule has 0 aliphatic heterocycles. The summed E-state index contributed by atoms with van der Waals surface area (Å²) in [5.74, 6) is 0. The van der Waals surface area contributed by atoms with Crippen LogP contribution in [0, 0.1) is 0 Å². The molecule has 5 heteroatoms. The van der Waals surface area contributed by atoms with Crippen LogP contribution in [0.1, 0.15) is 50.7 Å². The fourth-order valence-corrected chi connectivity index (χ4v) is 2.44. The minimum atomic E-state index is 0.160. The van der Waals surface area contributed by atoms with E-state index < -0.39 is 0 Å². The van der Waals surface area contributed by atoms with Crippen LogP contribution in [0.3, 0.4) is 0 Å². The van der Waals surface area contributed by atoms with Crippen molar-refractivity contribution in [1.29, 1.82) is 0 Å². The third-order valence-corrected chi connectivity index (χ3v) is 3.54. The summed E-state index contributed by atoms with van der Waals surface area (Å²) in [4.78, 5) is 0. The predicted octanol–water partition coefficient (Wildman–Crippen LogP) is 2.38. The minimum absolute atomic E-state index is 0.160. The van der Waals surface area contributed by atoms with Crippen molar-refractivity contribution in [2.24, 2.45) is 0 Å². The summed E-state index contributed by atoms with van der Waals surface area (Å²) >= 11 is 0. The first kappa shape index (κ1) is 14.8. The van der Waals surface area contributed by atoms with E-state index >= 15 is 0 Å². The molecule has 0 spiro atoms. The molecule has 0 saturated heterocycles. The zero-order chi connectivity index (χ0) is 14.5. The Kier molecular flexibility index (Phi) is 4.95. The van der Waals surface area contributed by atoms with Crippen molar-refractivity contribution in [2.75, 3.05) is 6.54 Å². The molecule has 0 aliphatic carbocycles. The number of rotatable bonds is 7. The molecule has 1 N–H and O–H groups in total. The Balaban J connectivity index is 2.39. The van der Waals surface area contributed by atoms with E-state index in [1.807, 2.05) is 10.9 Å². The van der Waals surface area contributed by atoms with Gasteiger partial charge < -0.3 is 5.32 Å². The van der Waals surface area contributed by atoms with Gasteiger partial charge in [-0.2, -0.15) is 10.2 Å². The number of hydrogen-bond acceptors (Lipinski definition) is 3. The zero-order valence-corrected chi connectivity index (χ0v) is 12.9. The van der Waals surface area contributed by atoms with Crippen molar-refractivity contribution >= 4 is 0 Å². The summed E-state index contributed by atoms with van der Waals surface area (Å²) in [6, 6.07) is 2.37.